The first-order valence-electron chi connectivity index (χ1n) is 6.09. The van der Waals surface area contributed by atoms with E-state index in [0.29, 0.717) is 5.92 Å². The summed E-state index contributed by atoms with van der Waals surface area (Å²) in [6.07, 6.45) is 1.55. The van der Waals surface area contributed by atoms with Crippen molar-refractivity contribution in [2.45, 2.75) is 53.5 Å². The Hall–Kier alpha value is -0.830. The maximum atomic E-state index is 11.5. The molecule has 0 aliphatic heterocycles. The van der Waals surface area contributed by atoms with Crippen molar-refractivity contribution in [3.05, 3.63) is 11.1 Å². The highest BCUT2D eigenvalue weighted by molar-refractivity contribution is 5.93. The zero-order valence-corrected chi connectivity index (χ0v) is 11.2. The summed E-state index contributed by atoms with van der Waals surface area (Å²) < 4.78 is 0. The van der Waals surface area contributed by atoms with Crippen LogP contribution in [0.3, 0.4) is 0 Å². The van der Waals surface area contributed by atoms with Crippen LogP contribution in [0, 0.1) is 11.8 Å². The molecular weight excluding hydrogens is 200 g/mol. The third kappa shape index (κ3) is 4.35. The van der Waals surface area contributed by atoms with E-state index in [0.717, 1.165) is 24.0 Å². The summed E-state index contributed by atoms with van der Waals surface area (Å²) in [6, 6.07) is -0.0544. The Balaban J connectivity index is 5.35. The summed E-state index contributed by atoms with van der Waals surface area (Å²) in [5, 5.41) is 0. The van der Waals surface area contributed by atoms with Crippen LogP contribution in [0.5, 0.6) is 0 Å². The normalized spacial score (nSPS) is 15.2. The maximum absolute atomic E-state index is 11.5. The summed E-state index contributed by atoms with van der Waals surface area (Å²) in [5.74, 6) is 0.373. The molecule has 0 saturated heterocycles. The number of hydrogen-bond acceptors (Lipinski definition) is 2. The van der Waals surface area contributed by atoms with Crippen molar-refractivity contribution in [2.75, 3.05) is 0 Å². The van der Waals surface area contributed by atoms with Crippen LogP contribution in [0.15, 0.2) is 11.1 Å². The van der Waals surface area contributed by atoms with Crippen molar-refractivity contribution in [2.24, 2.45) is 23.3 Å². The van der Waals surface area contributed by atoms with Gasteiger partial charge in [-0.3, -0.25) is 4.79 Å². The first kappa shape index (κ1) is 15.2. The van der Waals surface area contributed by atoms with E-state index in [1.165, 1.54) is 0 Å². The van der Waals surface area contributed by atoms with Gasteiger partial charge >= 0.3 is 0 Å². The second-order valence-corrected chi connectivity index (χ2v) is 5.07. The molecule has 0 spiro atoms. The molecule has 0 aromatic heterocycles. The Morgan fingerprint density at radius 2 is 1.69 bits per heavy atom. The number of carbonyl (C=O) groups excluding carboxylic acids is 1. The lowest BCUT2D eigenvalue weighted by Gasteiger charge is -2.23. The largest absolute Gasteiger partial charge is 0.366 e. The first-order valence-corrected chi connectivity index (χ1v) is 6.09. The minimum Gasteiger partial charge on any atom is -0.366 e. The van der Waals surface area contributed by atoms with Crippen LogP contribution in [-0.2, 0) is 4.79 Å². The van der Waals surface area contributed by atoms with Gasteiger partial charge in [-0.25, -0.2) is 0 Å². The lowest BCUT2D eigenvalue weighted by Crippen LogP contribution is -2.30. The van der Waals surface area contributed by atoms with Crippen molar-refractivity contribution in [1.29, 1.82) is 0 Å². The van der Waals surface area contributed by atoms with E-state index in [9.17, 15) is 4.79 Å². The van der Waals surface area contributed by atoms with Gasteiger partial charge in [-0.15, -0.1) is 0 Å². The quantitative estimate of drug-likeness (QED) is 0.682. The zero-order chi connectivity index (χ0) is 12.9. The molecule has 0 aliphatic rings. The van der Waals surface area contributed by atoms with Crippen LogP contribution >= 0.6 is 0 Å². The van der Waals surface area contributed by atoms with Gasteiger partial charge in [-0.2, -0.15) is 0 Å². The molecule has 0 bridgehead atoms. The van der Waals surface area contributed by atoms with Crippen molar-refractivity contribution in [3.63, 3.8) is 0 Å². The highest BCUT2D eigenvalue weighted by Gasteiger charge is 2.20. The number of carbonyl (C=O) groups is 1. The van der Waals surface area contributed by atoms with Gasteiger partial charge in [0.15, 0.2) is 0 Å². The Morgan fingerprint density at radius 3 is 1.94 bits per heavy atom. The molecule has 94 valence electrons. The highest BCUT2D eigenvalue weighted by Crippen LogP contribution is 2.24. The molecule has 1 amide bonds. The SMILES string of the molecule is CCC(N)/C(=C(/CC(C)C)C(N)=O)C(C)C. The number of primary amides is 1. The molecule has 16 heavy (non-hydrogen) atoms. The highest BCUT2D eigenvalue weighted by atomic mass is 16.1. The summed E-state index contributed by atoms with van der Waals surface area (Å²) >= 11 is 0. The second-order valence-electron chi connectivity index (χ2n) is 5.07. The van der Waals surface area contributed by atoms with Crippen molar-refractivity contribution >= 4 is 5.91 Å². The van der Waals surface area contributed by atoms with E-state index in [2.05, 4.69) is 27.7 Å². The molecule has 0 rings (SSSR count). The molecule has 0 heterocycles. The lowest BCUT2D eigenvalue weighted by atomic mass is 9.86. The van der Waals surface area contributed by atoms with E-state index in [-0.39, 0.29) is 17.9 Å². The van der Waals surface area contributed by atoms with Gasteiger partial charge in [0.1, 0.15) is 0 Å². The number of nitrogens with two attached hydrogens (primary N) is 2. The minimum atomic E-state index is -0.318. The van der Waals surface area contributed by atoms with E-state index in [1.54, 1.807) is 0 Å². The summed E-state index contributed by atoms with van der Waals surface area (Å²) in [7, 11) is 0. The Labute approximate surface area is 99.3 Å². The monoisotopic (exact) mass is 226 g/mol. The van der Waals surface area contributed by atoms with E-state index in [1.807, 2.05) is 6.92 Å². The van der Waals surface area contributed by atoms with Gasteiger partial charge in [0, 0.05) is 11.6 Å². The van der Waals surface area contributed by atoms with Crippen LogP contribution in [0.25, 0.3) is 0 Å². The maximum Gasteiger partial charge on any atom is 0.244 e. The molecule has 3 nitrogen and oxygen atoms in total. The average molecular weight is 226 g/mol. The summed E-state index contributed by atoms with van der Waals surface area (Å²) in [6.45, 7) is 10.3. The number of hydrogen-bond donors (Lipinski definition) is 2. The fourth-order valence-electron chi connectivity index (χ4n) is 1.99. The van der Waals surface area contributed by atoms with Crippen LogP contribution in [0.1, 0.15) is 47.5 Å². The van der Waals surface area contributed by atoms with Gasteiger partial charge in [-0.05, 0) is 30.3 Å². The van der Waals surface area contributed by atoms with Gasteiger partial charge < -0.3 is 11.5 Å². The van der Waals surface area contributed by atoms with E-state index < -0.39 is 0 Å². The second kappa shape index (κ2) is 6.69. The molecule has 0 fully saturated rings. The van der Waals surface area contributed by atoms with Gasteiger partial charge in [0.05, 0.1) is 0 Å². The molecule has 4 N–H and O–H groups in total. The van der Waals surface area contributed by atoms with Gasteiger partial charge in [-0.1, -0.05) is 34.6 Å². The molecule has 1 atom stereocenters. The Kier molecular flexibility index (Phi) is 6.34. The predicted molar refractivity (Wildman–Crippen MR) is 68.8 cm³/mol. The smallest absolute Gasteiger partial charge is 0.244 e. The molecule has 0 aliphatic carbocycles. The van der Waals surface area contributed by atoms with Crippen molar-refractivity contribution in [1.82, 2.24) is 0 Å². The lowest BCUT2D eigenvalue weighted by molar-refractivity contribution is -0.114. The van der Waals surface area contributed by atoms with Crippen LogP contribution in [-0.4, -0.2) is 11.9 Å². The Morgan fingerprint density at radius 1 is 1.19 bits per heavy atom. The topological polar surface area (TPSA) is 69.1 Å². The third-order valence-corrected chi connectivity index (χ3v) is 2.72. The first-order chi connectivity index (χ1) is 7.31. The molecular formula is C13H26N2O. The third-order valence-electron chi connectivity index (χ3n) is 2.72. The molecule has 0 saturated carbocycles. The molecule has 0 aromatic carbocycles. The van der Waals surface area contributed by atoms with Gasteiger partial charge in [0.25, 0.3) is 0 Å². The predicted octanol–water partition coefficient (Wildman–Crippen LogP) is 2.21. The molecule has 3 heteroatoms. The fourth-order valence-corrected chi connectivity index (χ4v) is 1.99. The Bertz CT molecular complexity index is 267. The standard InChI is InChI=1S/C13H26N2O/c1-6-11(14)12(9(4)5)10(13(15)16)7-8(2)3/h8-9,11H,6-7,14H2,1-5H3,(H2,15,16)/b12-10-. The molecule has 0 radical (unpaired) electrons. The fraction of sp³-hybridized carbons (Fsp3) is 0.769. The molecule has 1 unspecified atom stereocenters. The van der Waals surface area contributed by atoms with Crippen LogP contribution < -0.4 is 11.5 Å². The van der Waals surface area contributed by atoms with Crippen LogP contribution in [0.2, 0.25) is 0 Å². The summed E-state index contributed by atoms with van der Waals surface area (Å²) in [4.78, 5) is 11.5. The molecule has 0 aromatic rings. The zero-order valence-electron chi connectivity index (χ0n) is 11.2. The number of rotatable bonds is 6. The van der Waals surface area contributed by atoms with Crippen molar-refractivity contribution in [3.8, 4) is 0 Å². The van der Waals surface area contributed by atoms with Crippen molar-refractivity contribution < 1.29 is 4.79 Å². The average Bonchev–Trinajstić information content (AvgIpc) is 2.14. The minimum absolute atomic E-state index is 0.0544. The van der Waals surface area contributed by atoms with Crippen LogP contribution in [0.4, 0.5) is 0 Å². The number of amides is 1. The van der Waals surface area contributed by atoms with Gasteiger partial charge in [0.2, 0.25) is 5.91 Å². The summed E-state index contributed by atoms with van der Waals surface area (Å²) in [5.41, 5.74) is 13.3. The van der Waals surface area contributed by atoms with E-state index >= 15 is 0 Å². The van der Waals surface area contributed by atoms with E-state index in [4.69, 9.17) is 11.5 Å².